The van der Waals surface area contributed by atoms with E-state index in [-0.39, 0.29) is 6.04 Å². The van der Waals surface area contributed by atoms with Gasteiger partial charge in [0.25, 0.3) is 0 Å². The fourth-order valence-corrected chi connectivity index (χ4v) is 2.85. The van der Waals surface area contributed by atoms with Crippen LogP contribution in [0.3, 0.4) is 0 Å². The van der Waals surface area contributed by atoms with Gasteiger partial charge in [-0.05, 0) is 25.0 Å². The van der Waals surface area contributed by atoms with Crippen LogP contribution in [0, 0.1) is 6.92 Å². The maximum Gasteiger partial charge on any atom is 0.191 e. The Labute approximate surface area is 147 Å². The van der Waals surface area contributed by atoms with Crippen LogP contribution in [0.25, 0.3) is 0 Å². The zero-order valence-electron chi connectivity index (χ0n) is 15.0. The normalized spacial score (nSPS) is 17.2. The predicted molar refractivity (Wildman–Crippen MR) is 95.2 cm³/mol. The molecule has 3 rings (SSSR count). The maximum atomic E-state index is 5.11. The highest BCUT2D eigenvalue weighted by molar-refractivity contribution is 5.79. The van der Waals surface area contributed by atoms with Gasteiger partial charge in [-0.2, -0.15) is 5.10 Å². The molecule has 0 saturated carbocycles. The molecule has 2 aromatic heterocycles. The van der Waals surface area contributed by atoms with E-state index >= 15 is 0 Å². The van der Waals surface area contributed by atoms with Gasteiger partial charge >= 0.3 is 0 Å². The van der Waals surface area contributed by atoms with Crippen LogP contribution in [-0.4, -0.2) is 45.9 Å². The summed E-state index contributed by atoms with van der Waals surface area (Å²) in [6.07, 6.45) is 3.78. The fourth-order valence-electron chi connectivity index (χ4n) is 2.85. The van der Waals surface area contributed by atoms with E-state index in [1.807, 2.05) is 23.9 Å². The quantitative estimate of drug-likeness (QED) is 0.617. The highest BCUT2D eigenvalue weighted by Crippen LogP contribution is 2.13. The van der Waals surface area contributed by atoms with E-state index < -0.39 is 0 Å². The van der Waals surface area contributed by atoms with E-state index in [1.165, 1.54) is 0 Å². The van der Waals surface area contributed by atoms with Crippen molar-refractivity contribution in [3.05, 3.63) is 41.2 Å². The lowest BCUT2D eigenvalue weighted by Gasteiger charge is -2.25. The Balaban J connectivity index is 1.54. The van der Waals surface area contributed by atoms with Gasteiger partial charge in [-0.25, -0.2) is 9.67 Å². The maximum absolute atomic E-state index is 5.11. The number of ether oxygens (including phenoxy) is 1. The third-order valence-electron chi connectivity index (χ3n) is 4.17. The summed E-state index contributed by atoms with van der Waals surface area (Å²) >= 11 is 0. The van der Waals surface area contributed by atoms with Gasteiger partial charge in [0.05, 0.1) is 6.54 Å². The van der Waals surface area contributed by atoms with Gasteiger partial charge in [0.1, 0.15) is 12.4 Å². The van der Waals surface area contributed by atoms with Crippen molar-refractivity contribution in [1.29, 1.82) is 0 Å². The molecule has 0 amide bonds. The van der Waals surface area contributed by atoms with Crippen molar-refractivity contribution in [3.8, 4) is 0 Å². The standard InChI is InChI=1S/C17H25N7O/c1-12-4-5-13(8-19-12)9-20-17(18-2)21-14-6-7-16-22-15(11-25-3)23-24(16)10-14/h4-5,8,14H,6-7,9-11H2,1-3H3,(H2,18,20,21). The molecule has 0 spiro atoms. The molecule has 0 bridgehead atoms. The summed E-state index contributed by atoms with van der Waals surface area (Å²) in [4.78, 5) is 13.1. The second-order valence-electron chi connectivity index (χ2n) is 6.17. The molecule has 2 N–H and O–H groups in total. The van der Waals surface area contributed by atoms with Crippen molar-refractivity contribution < 1.29 is 4.74 Å². The van der Waals surface area contributed by atoms with E-state index in [2.05, 4.69) is 36.8 Å². The molecule has 0 aromatic carbocycles. The predicted octanol–water partition coefficient (Wildman–Crippen LogP) is 0.808. The number of fused-ring (bicyclic) bond motifs is 1. The van der Waals surface area contributed by atoms with Gasteiger partial charge in [0.15, 0.2) is 11.8 Å². The first-order chi connectivity index (χ1) is 12.2. The Morgan fingerprint density at radius 1 is 1.44 bits per heavy atom. The van der Waals surface area contributed by atoms with Crippen LogP contribution in [-0.2, 0) is 30.9 Å². The number of aryl methyl sites for hydroxylation is 2. The van der Waals surface area contributed by atoms with Crippen LogP contribution in [0.4, 0.5) is 0 Å². The first-order valence-electron chi connectivity index (χ1n) is 8.48. The van der Waals surface area contributed by atoms with Crippen LogP contribution in [0.5, 0.6) is 0 Å². The van der Waals surface area contributed by atoms with Gasteiger partial charge in [-0.1, -0.05) is 6.07 Å². The Morgan fingerprint density at radius 2 is 2.32 bits per heavy atom. The summed E-state index contributed by atoms with van der Waals surface area (Å²) < 4.78 is 7.07. The van der Waals surface area contributed by atoms with E-state index in [0.29, 0.717) is 13.2 Å². The lowest BCUT2D eigenvalue weighted by atomic mass is 10.1. The number of pyridine rings is 1. The van der Waals surface area contributed by atoms with Gasteiger partial charge in [-0.3, -0.25) is 9.98 Å². The number of nitrogens with zero attached hydrogens (tertiary/aromatic N) is 5. The molecular formula is C17H25N7O. The lowest BCUT2D eigenvalue weighted by molar-refractivity contribution is 0.177. The van der Waals surface area contributed by atoms with E-state index in [1.54, 1.807) is 14.2 Å². The molecule has 134 valence electrons. The van der Waals surface area contributed by atoms with Crippen LogP contribution in [0.2, 0.25) is 0 Å². The SMILES string of the molecule is CN=C(NCc1ccc(C)nc1)NC1CCc2nc(COC)nn2C1. The Kier molecular flexibility index (Phi) is 5.60. The Bertz CT molecular complexity index is 723. The molecule has 8 nitrogen and oxygen atoms in total. The second-order valence-corrected chi connectivity index (χ2v) is 6.17. The minimum Gasteiger partial charge on any atom is -0.377 e. The Hall–Kier alpha value is -2.48. The highest BCUT2D eigenvalue weighted by atomic mass is 16.5. The van der Waals surface area contributed by atoms with E-state index in [0.717, 1.165) is 48.3 Å². The smallest absolute Gasteiger partial charge is 0.191 e. The minimum atomic E-state index is 0.270. The number of rotatable bonds is 5. The number of methoxy groups -OCH3 is 1. The van der Waals surface area contributed by atoms with E-state index in [4.69, 9.17) is 4.74 Å². The molecule has 8 heteroatoms. The summed E-state index contributed by atoms with van der Waals surface area (Å²) in [5, 5.41) is 11.3. The summed E-state index contributed by atoms with van der Waals surface area (Å²) in [5.41, 5.74) is 2.14. The summed E-state index contributed by atoms with van der Waals surface area (Å²) in [7, 11) is 3.44. The van der Waals surface area contributed by atoms with Crippen molar-refractivity contribution >= 4 is 5.96 Å². The van der Waals surface area contributed by atoms with Crippen LogP contribution in [0.15, 0.2) is 23.3 Å². The third kappa shape index (κ3) is 4.54. The molecule has 1 unspecified atom stereocenters. The molecular weight excluding hydrogens is 318 g/mol. The van der Waals surface area contributed by atoms with Gasteiger partial charge < -0.3 is 15.4 Å². The molecule has 1 aliphatic rings. The molecule has 0 fully saturated rings. The zero-order chi connectivity index (χ0) is 17.6. The fraction of sp³-hybridized carbons (Fsp3) is 0.529. The molecule has 1 atom stereocenters. The molecule has 0 aliphatic carbocycles. The van der Waals surface area contributed by atoms with Crippen molar-refractivity contribution in [2.75, 3.05) is 14.2 Å². The largest absolute Gasteiger partial charge is 0.377 e. The van der Waals surface area contributed by atoms with Crippen molar-refractivity contribution in [2.24, 2.45) is 4.99 Å². The second kappa shape index (κ2) is 8.06. The topological polar surface area (TPSA) is 89.2 Å². The number of hydrogen-bond acceptors (Lipinski definition) is 5. The number of aromatic nitrogens is 4. The number of nitrogens with one attached hydrogen (secondary N) is 2. The first kappa shape index (κ1) is 17.3. The first-order valence-corrected chi connectivity index (χ1v) is 8.48. The van der Waals surface area contributed by atoms with Gasteiger partial charge in [0, 0.05) is 45.1 Å². The number of guanidine groups is 1. The summed E-state index contributed by atoms with van der Waals surface area (Å²) in [6.45, 7) is 3.90. The van der Waals surface area contributed by atoms with Crippen molar-refractivity contribution in [2.45, 2.75) is 45.5 Å². The Morgan fingerprint density at radius 3 is 3.04 bits per heavy atom. The summed E-state index contributed by atoms with van der Waals surface area (Å²) in [5.74, 6) is 2.55. The third-order valence-corrected chi connectivity index (χ3v) is 4.17. The summed E-state index contributed by atoms with van der Waals surface area (Å²) in [6, 6.07) is 4.35. The average Bonchev–Trinajstić information content (AvgIpc) is 3.02. The van der Waals surface area contributed by atoms with E-state index in [9.17, 15) is 0 Å². The molecule has 0 radical (unpaired) electrons. The minimum absolute atomic E-state index is 0.270. The molecule has 2 aromatic rings. The molecule has 3 heterocycles. The lowest BCUT2D eigenvalue weighted by Crippen LogP contribution is -2.46. The van der Waals surface area contributed by atoms with Crippen LogP contribution in [0.1, 0.15) is 29.3 Å². The van der Waals surface area contributed by atoms with Crippen LogP contribution >= 0.6 is 0 Å². The van der Waals surface area contributed by atoms with Crippen LogP contribution < -0.4 is 10.6 Å². The zero-order valence-corrected chi connectivity index (χ0v) is 15.0. The van der Waals surface area contributed by atoms with Crippen molar-refractivity contribution in [3.63, 3.8) is 0 Å². The number of hydrogen-bond donors (Lipinski definition) is 2. The van der Waals surface area contributed by atoms with Gasteiger partial charge in [0.2, 0.25) is 0 Å². The highest BCUT2D eigenvalue weighted by Gasteiger charge is 2.22. The average molecular weight is 343 g/mol. The number of aliphatic imine (C=N–C) groups is 1. The molecule has 25 heavy (non-hydrogen) atoms. The van der Waals surface area contributed by atoms with Gasteiger partial charge in [-0.15, -0.1) is 0 Å². The van der Waals surface area contributed by atoms with Crippen molar-refractivity contribution in [1.82, 2.24) is 30.4 Å². The molecule has 1 aliphatic heterocycles. The monoisotopic (exact) mass is 343 g/mol. The molecule has 0 saturated heterocycles.